The summed E-state index contributed by atoms with van der Waals surface area (Å²) < 4.78 is 12.7. The van der Waals surface area contributed by atoms with Crippen LogP contribution < -0.4 is 4.90 Å². The molecular formula is C9H9ClFNO. The van der Waals surface area contributed by atoms with Gasteiger partial charge in [-0.25, -0.2) is 4.39 Å². The standard InChI is InChI=1S/C9H9ClFNO/c1-2-12(9(10)13)8-5-3-4-7(11)6-8/h3-6H,2H2,1H3. The van der Waals surface area contributed by atoms with Gasteiger partial charge in [0.05, 0.1) is 0 Å². The molecule has 0 saturated carbocycles. The zero-order chi connectivity index (χ0) is 9.84. The first kappa shape index (κ1) is 9.99. The molecule has 1 amide bonds. The average molecular weight is 202 g/mol. The molecule has 0 bridgehead atoms. The summed E-state index contributed by atoms with van der Waals surface area (Å²) in [4.78, 5) is 12.1. The number of hydrogen-bond donors (Lipinski definition) is 0. The zero-order valence-corrected chi connectivity index (χ0v) is 7.88. The fourth-order valence-corrected chi connectivity index (χ4v) is 1.27. The van der Waals surface area contributed by atoms with Crippen molar-refractivity contribution in [3.05, 3.63) is 30.1 Å². The van der Waals surface area contributed by atoms with Crippen molar-refractivity contribution < 1.29 is 9.18 Å². The average Bonchev–Trinajstić information content (AvgIpc) is 2.04. The Hall–Kier alpha value is -1.09. The van der Waals surface area contributed by atoms with E-state index in [4.69, 9.17) is 11.6 Å². The number of hydrogen-bond acceptors (Lipinski definition) is 1. The number of amides is 1. The minimum Gasteiger partial charge on any atom is -0.299 e. The van der Waals surface area contributed by atoms with Crippen LogP contribution in [0.3, 0.4) is 0 Å². The molecule has 0 saturated heterocycles. The second-order valence-electron chi connectivity index (χ2n) is 2.48. The quantitative estimate of drug-likeness (QED) is 0.532. The van der Waals surface area contributed by atoms with Crippen LogP contribution in [0.4, 0.5) is 14.9 Å². The molecule has 0 heterocycles. The summed E-state index contributed by atoms with van der Waals surface area (Å²) in [5.74, 6) is -0.381. The molecule has 4 heteroatoms. The van der Waals surface area contributed by atoms with E-state index in [-0.39, 0.29) is 5.82 Å². The number of anilines is 1. The fourth-order valence-electron chi connectivity index (χ4n) is 1.05. The number of carbonyl (C=O) groups excluding carboxylic acids is 1. The lowest BCUT2D eigenvalue weighted by Gasteiger charge is -2.16. The molecule has 1 aromatic carbocycles. The molecular weight excluding hydrogens is 193 g/mol. The van der Waals surface area contributed by atoms with E-state index < -0.39 is 5.37 Å². The second-order valence-corrected chi connectivity index (χ2v) is 2.80. The van der Waals surface area contributed by atoms with Gasteiger partial charge in [-0.3, -0.25) is 9.69 Å². The molecule has 0 N–H and O–H groups in total. The largest absolute Gasteiger partial charge is 0.320 e. The Bertz CT molecular complexity index is 316. The topological polar surface area (TPSA) is 20.3 Å². The van der Waals surface area contributed by atoms with Crippen LogP contribution in [-0.4, -0.2) is 11.9 Å². The molecule has 0 radical (unpaired) electrons. The van der Waals surface area contributed by atoms with Gasteiger partial charge in [0.1, 0.15) is 5.82 Å². The Kier molecular flexibility index (Phi) is 3.25. The first-order valence-corrected chi connectivity index (χ1v) is 4.25. The van der Waals surface area contributed by atoms with E-state index in [0.717, 1.165) is 0 Å². The zero-order valence-electron chi connectivity index (χ0n) is 7.13. The van der Waals surface area contributed by atoms with E-state index in [9.17, 15) is 9.18 Å². The highest BCUT2D eigenvalue weighted by Gasteiger charge is 2.10. The summed E-state index contributed by atoms with van der Waals surface area (Å²) in [6, 6.07) is 5.75. The molecule has 0 aromatic heterocycles. The normalized spacial score (nSPS) is 9.77. The Labute approximate surface area is 80.9 Å². The highest BCUT2D eigenvalue weighted by Crippen LogP contribution is 2.16. The monoisotopic (exact) mass is 201 g/mol. The van der Waals surface area contributed by atoms with Gasteiger partial charge in [-0.15, -0.1) is 0 Å². The van der Waals surface area contributed by atoms with Gasteiger partial charge in [-0.05, 0) is 36.7 Å². The maximum absolute atomic E-state index is 12.7. The van der Waals surface area contributed by atoms with Crippen LogP contribution in [-0.2, 0) is 0 Å². The lowest BCUT2D eigenvalue weighted by molar-refractivity contribution is 0.264. The van der Waals surface area contributed by atoms with Crippen molar-refractivity contribution in [2.75, 3.05) is 11.4 Å². The smallest absolute Gasteiger partial charge is 0.299 e. The van der Waals surface area contributed by atoms with Gasteiger partial charge in [0, 0.05) is 12.2 Å². The van der Waals surface area contributed by atoms with E-state index in [1.54, 1.807) is 13.0 Å². The summed E-state index contributed by atoms with van der Waals surface area (Å²) in [7, 11) is 0. The second kappa shape index (κ2) is 4.23. The number of rotatable bonds is 2. The number of benzene rings is 1. The summed E-state index contributed by atoms with van der Waals surface area (Å²) in [5.41, 5.74) is 0.475. The molecule has 0 aliphatic rings. The van der Waals surface area contributed by atoms with Crippen molar-refractivity contribution in [3.8, 4) is 0 Å². The van der Waals surface area contributed by atoms with E-state index in [2.05, 4.69) is 0 Å². The molecule has 13 heavy (non-hydrogen) atoms. The molecule has 0 unspecified atom stereocenters. The highest BCUT2D eigenvalue weighted by molar-refractivity contribution is 6.66. The predicted molar refractivity (Wildman–Crippen MR) is 50.7 cm³/mol. The summed E-state index contributed by atoms with van der Waals surface area (Å²) in [6.07, 6.45) is 0. The SMILES string of the molecule is CCN(C(=O)Cl)c1cccc(F)c1. The van der Waals surface area contributed by atoms with Crippen molar-refractivity contribution >= 4 is 22.7 Å². The number of nitrogens with zero attached hydrogens (tertiary/aromatic N) is 1. The van der Waals surface area contributed by atoms with Crippen LogP contribution in [0.25, 0.3) is 0 Å². The van der Waals surface area contributed by atoms with Crippen LogP contribution in [0, 0.1) is 5.82 Å². The van der Waals surface area contributed by atoms with Crippen molar-refractivity contribution in [3.63, 3.8) is 0 Å². The summed E-state index contributed by atoms with van der Waals surface area (Å²) in [5, 5.41) is -0.604. The van der Waals surface area contributed by atoms with Gasteiger partial charge in [-0.2, -0.15) is 0 Å². The van der Waals surface area contributed by atoms with Gasteiger partial charge in [0.2, 0.25) is 0 Å². The molecule has 70 valence electrons. The first-order chi connectivity index (χ1) is 6.15. The van der Waals surface area contributed by atoms with Crippen molar-refractivity contribution in [1.29, 1.82) is 0 Å². The molecule has 0 fully saturated rings. The predicted octanol–water partition coefficient (Wildman–Crippen LogP) is 3.01. The lowest BCUT2D eigenvalue weighted by atomic mass is 10.3. The maximum atomic E-state index is 12.7. The van der Waals surface area contributed by atoms with Gasteiger partial charge in [0.25, 0.3) is 0 Å². The molecule has 0 atom stereocenters. The van der Waals surface area contributed by atoms with Crippen LogP contribution in [0.1, 0.15) is 6.92 Å². The third-order valence-corrected chi connectivity index (χ3v) is 1.85. The third kappa shape index (κ3) is 2.42. The molecule has 1 aromatic rings. The summed E-state index contributed by atoms with van der Waals surface area (Å²) >= 11 is 5.30. The maximum Gasteiger partial charge on any atom is 0.320 e. The highest BCUT2D eigenvalue weighted by atomic mass is 35.5. The van der Waals surface area contributed by atoms with Crippen LogP contribution >= 0.6 is 11.6 Å². The van der Waals surface area contributed by atoms with Crippen molar-refractivity contribution in [2.24, 2.45) is 0 Å². The number of halogens is 2. The van der Waals surface area contributed by atoms with E-state index in [1.165, 1.54) is 23.1 Å². The van der Waals surface area contributed by atoms with Gasteiger partial charge in [0.15, 0.2) is 0 Å². The van der Waals surface area contributed by atoms with Crippen molar-refractivity contribution in [1.82, 2.24) is 0 Å². The minimum absolute atomic E-state index is 0.381. The van der Waals surface area contributed by atoms with Crippen molar-refractivity contribution in [2.45, 2.75) is 6.92 Å². The third-order valence-electron chi connectivity index (χ3n) is 1.65. The fraction of sp³-hybridized carbons (Fsp3) is 0.222. The van der Waals surface area contributed by atoms with Crippen LogP contribution in [0.5, 0.6) is 0 Å². The Morgan fingerprint density at radius 3 is 2.77 bits per heavy atom. The van der Waals surface area contributed by atoms with Crippen LogP contribution in [0.2, 0.25) is 0 Å². The van der Waals surface area contributed by atoms with Crippen LogP contribution in [0.15, 0.2) is 24.3 Å². The first-order valence-electron chi connectivity index (χ1n) is 3.87. The Balaban J connectivity index is 2.98. The van der Waals surface area contributed by atoms with Gasteiger partial charge in [-0.1, -0.05) is 6.07 Å². The number of carbonyl (C=O) groups is 1. The molecule has 0 aliphatic carbocycles. The molecule has 0 spiro atoms. The molecule has 1 rings (SSSR count). The minimum atomic E-state index is -0.604. The molecule has 2 nitrogen and oxygen atoms in total. The van der Waals surface area contributed by atoms with Gasteiger partial charge >= 0.3 is 5.37 Å². The Morgan fingerprint density at radius 1 is 1.62 bits per heavy atom. The summed E-state index contributed by atoms with van der Waals surface area (Å²) in [6.45, 7) is 2.19. The van der Waals surface area contributed by atoms with E-state index >= 15 is 0 Å². The Morgan fingerprint density at radius 2 is 2.31 bits per heavy atom. The lowest BCUT2D eigenvalue weighted by Crippen LogP contribution is -2.24. The van der Waals surface area contributed by atoms with Gasteiger partial charge < -0.3 is 0 Å². The molecule has 0 aliphatic heterocycles. The van der Waals surface area contributed by atoms with E-state index in [0.29, 0.717) is 12.2 Å². The van der Waals surface area contributed by atoms with E-state index in [1.807, 2.05) is 0 Å².